The molecule has 6 nitrogen and oxygen atoms in total. The van der Waals surface area contributed by atoms with E-state index in [2.05, 4.69) is 14.7 Å². The van der Waals surface area contributed by atoms with E-state index in [1.165, 1.54) is 12.1 Å². The van der Waals surface area contributed by atoms with Gasteiger partial charge in [-0.3, -0.25) is 4.79 Å². The summed E-state index contributed by atoms with van der Waals surface area (Å²) in [6, 6.07) is 7.39. The molecule has 0 bridgehead atoms. The van der Waals surface area contributed by atoms with Crippen LogP contribution in [0.5, 0.6) is 11.5 Å². The molecule has 0 aliphatic carbocycles. The molecule has 0 saturated heterocycles. The lowest BCUT2D eigenvalue weighted by molar-refractivity contribution is -0.274. The zero-order valence-electron chi connectivity index (χ0n) is 21.9. The van der Waals surface area contributed by atoms with Crippen LogP contribution in [0.2, 0.25) is 0 Å². The maximum Gasteiger partial charge on any atom is 0.573 e. The molecule has 2 heterocycles. The first-order valence-electron chi connectivity index (χ1n) is 11.9. The number of fused-ring (bicyclic) bond motifs is 1. The monoisotopic (exact) mass is 499 g/mol. The first kappa shape index (κ1) is 26.9. The molecule has 37 heavy (non-hydrogen) atoms. The van der Waals surface area contributed by atoms with Crippen molar-refractivity contribution in [1.29, 1.82) is 0 Å². The summed E-state index contributed by atoms with van der Waals surface area (Å²) >= 11 is 0. The molecule has 0 saturated carbocycles. The van der Waals surface area contributed by atoms with Crippen molar-refractivity contribution in [3.05, 3.63) is 54.1 Å². The molecule has 0 radical (unpaired) electrons. The van der Waals surface area contributed by atoms with Gasteiger partial charge in [-0.2, -0.15) is 0 Å². The van der Waals surface area contributed by atoms with Crippen molar-refractivity contribution in [2.45, 2.75) is 17.1 Å². The van der Waals surface area contributed by atoms with Crippen molar-refractivity contribution < 1.29 is 27.4 Å². The number of halogens is 3. The molecular formula is C21H23B7F3N3O3. The summed E-state index contributed by atoms with van der Waals surface area (Å²) in [5.74, 6) is 0.481. The molecule has 16 heteroatoms. The minimum absolute atomic E-state index is 0.225. The van der Waals surface area contributed by atoms with Crippen molar-refractivity contribution in [1.82, 2.24) is 14.9 Å². The zero-order chi connectivity index (χ0) is 27.3. The second kappa shape index (κ2) is 9.29. The number of nitrogens with zero attached hydrogens (tertiary/aromatic N) is 3. The van der Waals surface area contributed by atoms with Crippen LogP contribution in [-0.4, -0.2) is 94.0 Å². The average molecular weight is 498 g/mol. The Hall–Kier alpha value is -3.17. The first-order chi connectivity index (χ1) is 17.1. The molecule has 2 aromatic carbocycles. The van der Waals surface area contributed by atoms with Crippen LogP contribution in [0.25, 0.3) is 11.1 Å². The number of ether oxygens (including phenoxy) is 2. The molecule has 0 fully saturated rings. The Bertz CT molecular complexity index is 1360. The Morgan fingerprint density at radius 1 is 0.946 bits per heavy atom. The third-order valence-corrected chi connectivity index (χ3v) is 6.80. The van der Waals surface area contributed by atoms with Crippen molar-refractivity contribution in [2.75, 3.05) is 6.54 Å². The van der Waals surface area contributed by atoms with Crippen LogP contribution >= 0.6 is 0 Å². The molecule has 0 N–H and O–H groups in total. The zero-order valence-corrected chi connectivity index (χ0v) is 21.9. The molecule has 1 aliphatic heterocycles. The summed E-state index contributed by atoms with van der Waals surface area (Å²) in [7, 11) is 13.3. The highest BCUT2D eigenvalue weighted by atomic mass is 19.4. The van der Waals surface area contributed by atoms with Gasteiger partial charge in [0.05, 0.1) is 11.0 Å². The van der Waals surface area contributed by atoms with Crippen LogP contribution < -0.4 is 25.9 Å². The Morgan fingerprint density at radius 2 is 1.54 bits per heavy atom. The second-order valence-corrected chi connectivity index (χ2v) is 10.4. The van der Waals surface area contributed by atoms with Gasteiger partial charge in [-0.25, -0.2) is 9.97 Å². The van der Waals surface area contributed by atoms with Gasteiger partial charge in [0.1, 0.15) is 72.2 Å². The van der Waals surface area contributed by atoms with E-state index < -0.39 is 17.1 Å². The van der Waals surface area contributed by atoms with Crippen molar-refractivity contribution >= 4 is 77.2 Å². The van der Waals surface area contributed by atoms with Gasteiger partial charge >= 0.3 is 6.36 Å². The van der Waals surface area contributed by atoms with E-state index in [1.807, 2.05) is 54.9 Å². The van der Waals surface area contributed by atoms with E-state index >= 15 is 0 Å². The smallest absolute Gasteiger partial charge is 0.503 e. The first-order valence-corrected chi connectivity index (χ1v) is 11.9. The number of carbonyl (C=O) groups is 1. The fourth-order valence-corrected chi connectivity index (χ4v) is 4.85. The number of hydrogen-bond donors (Lipinski definition) is 0. The number of benzene rings is 2. The molecule has 0 unspecified atom stereocenters. The van der Waals surface area contributed by atoms with Crippen LogP contribution in [0.1, 0.15) is 16.2 Å². The molecular weight excluding hydrogens is 475 g/mol. The van der Waals surface area contributed by atoms with Gasteiger partial charge in [-0.15, -0.1) is 13.2 Å². The van der Waals surface area contributed by atoms with Crippen LogP contribution in [-0.2, 0) is 5.34 Å². The topological polar surface area (TPSA) is 64.6 Å². The van der Waals surface area contributed by atoms with Crippen molar-refractivity contribution in [3.63, 3.8) is 0 Å². The van der Waals surface area contributed by atoms with Gasteiger partial charge < -0.3 is 14.4 Å². The summed E-state index contributed by atoms with van der Waals surface area (Å²) in [5, 5.41) is -1.56. The van der Waals surface area contributed by atoms with E-state index in [1.54, 1.807) is 35.5 Å². The maximum atomic E-state index is 14.3. The number of carbonyl (C=O) groups excluding carboxylic acids is 1. The van der Waals surface area contributed by atoms with Gasteiger partial charge in [-0.1, -0.05) is 28.5 Å². The van der Waals surface area contributed by atoms with Crippen LogP contribution in [0.3, 0.4) is 0 Å². The Labute approximate surface area is 220 Å². The average Bonchev–Trinajstić information content (AvgIpc) is 2.92. The third-order valence-electron chi connectivity index (χ3n) is 6.80. The summed E-state index contributed by atoms with van der Waals surface area (Å²) in [6.07, 6.45) is -1.49. The predicted octanol–water partition coefficient (Wildman–Crippen LogP) is -5.35. The van der Waals surface area contributed by atoms with Crippen molar-refractivity contribution in [2.24, 2.45) is 0 Å². The van der Waals surface area contributed by atoms with E-state index in [0.29, 0.717) is 34.7 Å². The summed E-state index contributed by atoms with van der Waals surface area (Å²) in [5.41, 5.74) is 4.21. The molecule has 1 aromatic heterocycles. The Balaban J connectivity index is 1.88. The number of amides is 1. The Kier molecular flexibility index (Phi) is 6.75. The maximum absolute atomic E-state index is 14.3. The van der Waals surface area contributed by atoms with Crippen LogP contribution in [0.15, 0.2) is 42.7 Å². The standard InChI is InChI=1S/C21H23B7F3N3O3/c22-13-11(9-2-4-10(5-3-9)36-21(29,30)31)14(23)15(24)16-12(13)17(35)34(8-19(25,26)37-16)20(27,28)18-32-6-1-7-33-18/h1-7H,8,22-28H2. The highest BCUT2D eigenvalue weighted by Crippen LogP contribution is 2.32. The summed E-state index contributed by atoms with van der Waals surface area (Å²) in [6.45, 7) is 0.294. The van der Waals surface area contributed by atoms with E-state index in [-0.39, 0.29) is 11.7 Å². The van der Waals surface area contributed by atoms with E-state index in [0.717, 1.165) is 16.5 Å². The third kappa shape index (κ3) is 5.15. The number of alkyl halides is 3. The molecule has 4 rings (SSSR count). The second-order valence-electron chi connectivity index (χ2n) is 10.4. The van der Waals surface area contributed by atoms with Gasteiger partial charge in [0.15, 0.2) is 0 Å². The summed E-state index contributed by atoms with van der Waals surface area (Å²) < 4.78 is 48.5. The highest BCUT2D eigenvalue weighted by molar-refractivity contribution is 6.57. The molecule has 1 amide bonds. The van der Waals surface area contributed by atoms with E-state index in [4.69, 9.17) is 4.74 Å². The van der Waals surface area contributed by atoms with Gasteiger partial charge in [-0.05, 0) is 29.3 Å². The number of hydrogen-bond acceptors (Lipinski definition) is 5. The van der Waals surface area contributed by atoms with Crippen LogP contribution in [0, 0.1) is 0 Å². The van der Waals surface area contributed by atoms with Crippen molar-refractivity contribution in [3.8, 4) is 22.6 Å². The molecule has 182 valence electrons. The largest absolute Gasteiger partial charge is 0.573 e. The quantitative estimate of drug-likeness (QED) is 0.337. The Morgan fingerprint density at radius 3 is 2.11 bits per heavy atom. The SMILES string of the molecule is Bc1c(B)c(-c2ccc(OC(F)(F)F)cc2)c(B)c2c1OC(B)(B)CN(C(B)(B)c1ncccn1)C2=O. The minimum Gasteiger partial charge on any atom is -0.503 e. The van der Waals surface area contributed by atoms with Gasteiger partial charge in [0.25, 0.3) is 5.91 Å². The lowest BCUT2D eigenvalue weighted by atomic mass is 9.57. The molecule has 0 spiro atoms. The summed E-state index contributed by atoms with van der Waals surface area (Å²) in [4.78, 5) is 24.8. The van der Waals surface area contributed by atoms with Gasteiger partial charge in [0, 0.05) is 24.3 Å². The van der Waals surface area contributed by atoms with Crippen LogP contribution in [0.4, 0.5) is 13.2 Å². The highest BCUT2D eigenvalue weighted by Gasteiger charge is 2.43. The fraction of sp³-hybridized carbons (Fsp3) is 0.190. The normalized spacial score (nSPS) is 15.4. The lowest BCUT2D eigenvalue weighted by Crippen LogP contribution is -2.58. The lowest BCUT2D eigenvalue weighted by Gasteiger charge is -2.40. The molecule has 1 aliphatic rings. The number of aromatic nitrogens is 2. The van der Waals surface area contributed by atoms with E-state index in [9.17, 15) is 18.0 Å². The predicted molar refractivity (Wildman–Crippen MR) is 155 cm³/mol. The number of rotatable bonds is 4. The minimum atomic E-state index is -4.77. The molecule has 3 aromatic rings. The van der Waals surface area contributed by atoms with Gasteiger partial charge in [0.2, 0.25) is 0 Å². The fourth-order valence-electron chi connectivity index (χ4n) is 4.85. The molecule has 0 atom stereocenters.